The van der Waals surface area contributed by atoms with Crippen molar-refractivity contribution in [2.24, 2.45) is 0 Å². The number of oxazole rings is 1. The predicted molar refractivity (Wildman–Crippen MR) is 68.5 cm³/mol. The minimum atomic E-state index is 0.626. The molecule has 0 aliphatic carbocycles. The summed E-state index contributed by atoms with van der Waals surface area (Å²) >= 11 is 3.39. The smallest absolute Gasteiger partial charge is 0.208 e. The molecule has 2 rings (SSSR count). The van der Waals surface area contributed by atoms with Crippen molar-refractivity contribution in [2.45, 2.75) is 26.9 Å². The molecule has 0 fully saturated rings. The largest absolute Gasteiger partial charge is 0.444 e. The zero-order chi connectivity index (χ0) is 12.3. The lowest BCUT2D eigenvalue weighted by Crippen LogP contribution is -2.13. The maximum Gasteiger partial charge on any atom is 0.208 e. The molecule has 17 heavy (non-hydrogen) atoms. The first kappa shape index (κ1) is 12.3. The van der Waals surface area contributed by atoms with E-state index in [-0.39, 0.29) is 0 Å². The van der Waals surface area contributed by atoms with Gasteiger partial charge in [-0.05, 0) is 41.4 Å². The van der Waals surface area contributed by atoms with Gasteiger partial charge in [-0.25, -0.2) is 4.98 Å². The van der Waals surface area contributed by atoms with Gasteiger partial charge in [0.2, 0.25) is 5.89 Å². The lowest BCUT2D eigenvalue weighted by atomic mass is 10.3. The highest BCUT2D eigenvalue weighted by Crippen LogP contribution is 2.10. The third kappa shape index (κ3) is 3.38. The Balaban J connectivity index is 1.87. The molecule has 90 valence electrons. The summed E-state index contributed by atoms with van der Waals surface area (Å²) < 4.78 is 6.46. The van der Waals surface area contributed by atoms with Crippen molar-refractivity contribution < 1.29 is 4.42 Å². The molecule has 0 amide bonds. The molecular weight excluding hydrogens is 282 g/mol. The van der Waals surface area contributed by atoms with Gasteiger partial charge in [0.15, 0.2) is 0 Å². The van der Waals surface area contributed by atoms with Crippen molar-refractivity contribution in [3.8, 4) is 0 Å². The van der Waals surface area contributed by atoms with Gasteiger partial charge in [0.05, 0.1) is 12.2 Å². The van der Waals surface area contributed by atoms with E-state index < -0.39 is 0 Å². The summed E-state index contributed by atoms with van der Waals surface area (Å²) in [5.74, 6) is 1.61. The highest BCUT2D eigenvalue weighted by molar-refractivity contribution is 9.10. The minimum absolute atomic E-state index is 0.626. The Morgan fingerprint density at radius 2 is 2.12 bits per heavy atom. The van der Waals surface area contributed by atoms with Gasteiger partial charge in [-0.2, -0.15) is 0 Å². The molecule has 1 N–H and O–H groups in total. The molecule has 0 saturated heterocycles. The maximum atomic E-state index is 5.48. The van der Waals surface area contributed by atoms with Crippen LogP contribution in [0.1, 0.15) is 22.9 Å². The highest BCUT2D eigenvalue weighted by atomic mass is 79.9. The second-order valence-corrected chi connectivity index (χ2v) is 4.78. The van der Waals surface area contributed by atoms with Gasteiger partial charge in [0.25, 0.3) is 0 Å². The molecule has 0 saturated carbocycles. The van der Waals surface area contributed by atoms with Crippen LogP contribution in [0.25, 0.3) is 0 Å². The maximum absolute atomic E-state index is 5.48. The van der Waals surface area contributed by atoms with Crippen LogP contribution in [0, 0.1) is 13.8 Å². The van der Waals surface area contributed by atoms with Crippen LogP contribution in [0.2, 0.25) is 0 Å². The second-order valence-electron chi connectivity index (χ2n) is 3.86. The third-order valence-corrected chi connectivity index (χ3v) is 2.87. The Morgan fingerprint density at radius 3 is 2.76 bits per heavy atom. The standard InChI is InChI=1S/C12H14BrN3O/c1-8-9(2)17-12(16-8)7-15-5-10-3-11(13)6-14-4-10/h3-4,6,15H,5,7H2,1-2H3. The molecule has 2 aromatic rings. The van der Waals surface area contributed by atoms with Crippen LogP contribution in [0.4, 0.5) is 0 Å². The summed E-state index contributed by atoms with van der Waals surface area (Å²) in [6.07, 6.45) is 3.61. The summed E-state index contributed by atoms with van der Waals surface area (Å²) in [7, 11) is 0. The number of halogens is 1. The normalized spacial score (nSPS) is 10.8. The van der Waals surface area contributed by atoms with Gasteiger partial charge in [0.1, 0.15) is 5.76 Å². The average molecular weight is 296 g/mol. The van der Waals surface area contributed by atoms with Crippen molar-refractivity contribution in [1.29, 1.82) is 0 Å². The quantitative estimate of drug-likeness (QED) is 0.942. The molecule has 2 aromatic heterocycles. The molecule has 0 aliphatic heterocycles. The number of pyridine rings is 1. The van der Waals surface area contributed by atoms with Gasteiger partial charge in [-0.15, -0.1) is 0 Å². The van der Waals surface area contributed by atoms with Crippen LogP contribution in [0.15, 0.2) is 27.3 Å². The Bertz CT molecular complexity index is 491. The Hall–Kier alpha value is -1.20. The lowest BCUT2D eigenvalue weighted by Gasteiger charge is -2.02. The van der Waals surface area contributed by atoms with Crippen LogP contribution < -0.4 is 5.32 Å². The zero-order valence-corrected chi connectivity index (χ0v) is 11.4. The highest BCUT2D eigenvalue weighted by Gasteiger charge is 2.04. The summed E-state index contributed by atoms with van der Waals surface area (Å²) in [5.41, 5.74) is 2.07. The second kappa shape index (κ2) is 5.42. The van der Waals surface area contributed by atoms with E-state index in [1.807, 2.05) is 26.1 Å². The molecule has 0 bridgehead atoms. The van der Waals surface area contributed by atoms with Crippen LogP contribution in [-0.4, -0.2) is 9.97 Å². The first-order chi connectivity index (χ1) is 8.15. The van der Waals surface area contributed by atoms with E-state index in [2.05, 4.69) is 31.2 Å². The third-order valence-electron chi connectivity index (χ3n) is 2.44. The number of hydrogen-bond acceptors (Lipinski definition) is 4. The fourth-order valence-electron chi connectivity index (χ4n) is 1.48. The van der Waals surface area contributed by atoms with E-state index in [0.29, 0.717) is 6.54 Å². The molecule has 4 nitrogen and oxygen atoms in total. The summed E-state index contributed by atoms with van der Waals surface area (Å²) in [5, 5.41) is 3.27. The number of hydrogen-bond donors (Lipinski definition) is 1. The van der Waals surface area contributed by atoms with Crippen molar-refractivity contribution in [1.82, 2.24) is 15.3 Å². The van der Waals surface area contributed by atoms with Crippen LogP contribution >= 0.6 is 15.9 Å². The first-order valence-corrected chi connectivity index (χ1v) is 6.17. The number of nitrogens with one attached hydrogen (secondary N) is 1. The fourth-order valence-corrected chi connectivity index (χ4v) is 1.89. The average Bonchev–Trinajstić information content (AvgIpc) is 2.58. The van der Waals surface area contributed by atoms with Gasteiger partial charge in [-0.1, -0.05) is 0 Å². The number of nitrogens with zero attached hydrogens (tertiary/aromatic N) is 2. The summed E-state index contributed by atoms with van der Waals surface area (Å²) in [4.78, 5) is 8.41. The lowest BCUT2D eigenvalue weighted by molar-refractivity contribution is 0.448. The summed E-state index contributed by atoms with van der Waals surface area (Å²) in [6.45, 7) is 5.23. The summed E-state index contributed by atoms with van der Waals surface area (Å²) in [6, 6.07) is 2.03. The van der Waals surface area contributed by atoms with E-state index in [0.717, 1.165) is 33.9 Å². The van der Waals surface area contributed by atoms with Crippen LogP contribution in [0.5, 0.6) is 0 Å². The molecule has 0 atom stereocenters. The fraction of sp³-hybridized carbons (Fsp3) is 0.333. The molecule has 2 heterocycles. The van der Waals surface area contributed by atoms with Crippen molar-refractivity contribution in [3.05, 3.63) is 45.8 Å². The molecular formula is C12H14BrN3O. The minimum Gasteiger partial charge on any atom is -0.444 e. The Labute approximate surface area is 109 Å². The van der Waals surface area contributed by atoms with Gasteiger partial charge >= 0.3 is 0 Å². The van der Waals surface area contributed by atoms with Crippen molar-refractivity contribution in [3.63, 3.8) is 0 Å². The van der Waals surface area contributed by atoms with Crippen molar-refractivity contribution in [2.75, 3.05) is 0 Å². The molecule has 0 radical (unpaired) electrons. The van der Waals surface area contributed by atoms with E-state index in [4.69, 9.17) is 4.42 Å². The topological polar surface area (TPSA) is 51.0 Å². The SMILES string of the molecule is Cc1nc(CNCc2cncc(Br)c2)oc1C. The van der Waals surface area contributed by atoms with E-state index >= 15 is 0 Å². The van der Waals surface area contributed by atoms with Gasteiger partial charge in [-0.3, -0.25) is 4.98 Å². The molecule has 0 unspecified atom stereocenters. The molecule has 0 aliphatic rings. The van der Waals surface area contributed by atoms with Crippen LogP contribution in [-0.2, 0) is 13.1 Å². The van der Waals surface area contributed by atoms with E-state index in [1.165, 1.54) is 0 Å². The Kier molecular flexibility index (Phi) is 3.91. The van der Waals surface area contributed by atoms with E-state index in [9.17, 15) is 0 Å². The van der Waals surface area contributed by atoms with Crippen LogP contribution in [0.3, 0.4) is 0 Å². The van der Waals surface area contributed by atoms with E-state index in [1.54, 1.807) is 6.20 Å². The number of rotatable bonds is 4. The first-order valence-electron chi connectivity index (χ1n) is 5.38. The molecule has 5 heteroatoms. The Morgan fingerprint density at radius 1 is 1.29 bits per heavy atom. The van der Waals surface area contributed by atoms with Crippen molar-refractivity contribution >= 4 is 15.9 Å². The predicted octanol–water partition coefficient (Wildman–Crippen LogP) is 2.74. The molecule has 0 aromatic carbocycles. The number of aryl methyl sites for hydroxylation is 2. The number of aromatic nitrogens is 2. The van der Waals surface area contributed by atoms with Gasteiger partial charge < -0.3 is 9.73 Å². The molecule has 0 spiro atoms. The monoisotopic (exact) mass is 295 g/mol. The van der Waals surface area contributed by atoms with Gasteiger partial charge in [0, 0.05) is 23.4 Å². The zero-order valence-electron chi connectivity index (χ0n) is 9.83.